The molecule has 4 heteroatoms. The smallest absolute Gasteiger partial charge is 0.212 e. The van der Waals surface area contributed by atoms with E-state index in [4.69, 9.17) is 9.40 Å². The van der Waals surface area contributed by atoms with Gasteiger partial charge in [0, 0.05) is 16.5 Å². The van der Waals surface area contributed by atoms with Gasteiger partial charge >= 0.3 is 0 Å². The first-order chi connectivity index (χ1) is 19.9. The van der Waals surface area contributed by atoms with Gasteiger partial charge in [0.25, 0.3) is 0 Å². The molecule has 0 N–H and O–H groups in total. The summed E-state index contributed by atoms with van der Waals surface area (Å²) in [7, 11) is 0. The Hall–Kier alpha value is -4.83. The van der Waals surface area contributed by atoms with Crippen LogP contribution in [0.3, 0.4) is 0 Å². The summed E-state index contributed by atoms with van der Waals surface area (Å²) in [4.78, 5) is 7.89. The minimum Gasteiger partial charge on any atom is -0.456 e. The van der Waals surface area contributed by atoms with Crippen molar-refractivity contribution in [1.29, 1.82) is 0 Å². The predicted molar refractivity (Wildman–Crippen MR) is 170 cm³/mol. The van der Waals surface area contributed by atoms with Crippen molar-refractivity contribution in [2.75, 3.05) is 4.90 Å². The number of fused-ring (bicyclic) bond motifs is 7. The molecule has 0 saturated heterocycles. The van der Waals surface area contributed by atoms with E-state index in [0.717, 1.165) is 38.9 Å². The summed E-state index contributed by atoms with van der Waals surface area (Å²) in [6.07, 6.45) is 0. The molecule has 2 aromatic heterocycles. The van der Waals surface area contributed by atoms with Crippen LogP contribution in [0.2, 0.25) is 0 Å². The number of nitrogens with zero attached hydrogens (tertiary/aromatic N) is 3. The number of benzene rings is 5. The van der Waals surface area contributed by atoms with Gasteiger partial charge in [0.2, 0.25) is 5.95 Å². The van der Waals surface area contributed by atoms with Crippen LogP contribution in [0.5, 0.6) is 0 Å². The fourth-order valence-electron chi connectivity index (χ4n) is 6.70. The first-order valence-electron chi connectivity index (χ1n) is 14.3. The Balaban J connectivity index is 1.51. The molecule has 1 aliphatic rings. The average molecular weight is 534 g/mol. The Morgan fingerprint density at radius 2 is 1.20 bits per heavy atom. The lowest BCUT2D eigenvalue weighted by Crippen LogP contribution is -2.50. The molecule has 200 valence electrons. The van der Waals surface area contributed by atoms with Crippen molar-refractivity contribution in [2.24, 2.45) is 0 Å². The average Bonchev–Trinajstić information content (AvgIpc) is 3.60. The van der Waals surface area contributed by atoms with Crippen LogP contribution in [0.25, 0.3) is 55.2 Å². The molecule has 7 aromatic rings. The van der Waals surface area contributed by atoms with Crippen molar-refractivity contribution in [3.05, 3.63) is 115 Å². The predicted octanol–water partition coefficient (Wildman–Crippen LogP) is 9.94. The van der Waals surface area contributed by atoms with Gasteiger partial charge in [0.1, 0.15) is 11.2 Å². The second-order valence-corrected chi connectivity index (χ2v) is 12.0. The SMILES string of the molecule is CC1(C)N(c2c(-c3ccccc3)cccc2-c2ccccc2)c2nc3ccc4oc5ccccc5c4c3n2C1(C)C. The topological polar surface area (TPSA) is 34.2 Å². The Kier molecular flexibility index (Phi) is 4.88. The molecule has 1 aliphatic heterocycles. The molecule has 0 bridgehead atoms. The molecule has 5 aromatic carbocycles. The highest BCUT2D eigenvalue weighted by Gasteiger charge is 2.54. The maximum Gasteiger partial charge on any atom is 0.212 e. The number of rotatable bonds is 3. The van der Waals surface area contributed by atoms with E-state index in [9.17, 15) is 0 Å². The van der Waals surface area contributed by atoms with Crippen LogP contribution in [0.15, 0.2) is 120 Å². The van der Waals surface area contributed by atoms with Gasteiger partial charge in [-0.3, -0.25) is 0 Å². The van der Waals surface area contributed by atoms with E-state index >= 15 is 0 Å². The molecular weight excluding hydrogens is 502 g/mol. The fraction of sp³-hybridized carbons (Fsp3) is 0.162. The maximum atomic E-state index is 6.32. The molecule has 0 spiro atoms. The van der Waals surface area contributed by atoms with Crippen LogP contribution in [0.1, 0.15) is 27.7 Å². The van der Waals surface area contributed by atoms with Crippen molar-refractivity contribution < 1.29 is 4.42 Å². The van der Waals surface area contributed by atoms with Crippen molar-refractivity contribution in [3.63, 3.8) is 0 Å². The van der Waals surface area contributed by atoms with Crippen LogP contribution in [-0.2, 0) is 5.54 Å². The minimum atomic E-state index is -0.320. The quantitative estimate of drug-likeness (QED) is 0.227. The normalized spacial score (nSPS) is 15.7. The summed E-state index contributed by atoms with van der Waals surface area (Å²) in [5.41, 5.74) is 9.20. The van der Waals surface area contributed by atoms with Crippen molar-refractivity contribution in [2.45, 2.75) is 38.8 Å². The van der Waals surface area contributed by atoms with E-state index in [1.807, 2.05) is 12.1 Å². The van der Waals surface area contributed by atoms with Crippen LogP contribution >= 0.6 is 0 Å². The summed E-state index contributed by atoms with van der Waals surface area (Å²) in [6, 6.07) is 40.6. The molecule has 0 amide bonds. The van der Waals surface area contributed by atoms with Gasteiger partial charge in [0.05, 0.1) is 33.2 Å². The Bertz CT molecular complexity index is 2040. The second kappa shape index (κ2) is 8.34. The molecule has 41 heavy (non-hydrogen) atoms. The summed E-state index contributed by atoms with van der Waals surface area (Å²) in [5, 5.41) is 2.25. The molecular formula is C37H31N3O. The van der Waals surface area contributed by atoms with Crippen LogP contribution in [0, 0.1) is 0 Å². The first-order valence-corrected chi connectivity index (χ1v) is 14.3. The first kappa shape index (κ1) is 24.0. The monoisotopic (exact) mass is 533 g/mol. The lowest BCUT2D eigenvalue weighted by Gasteiger charge is -2.43. The van der Waals surface area contributed by atoms with E-state index in [0.29, 0.717) is 0 Å². The third kappa shape index (κ3) is 3.19. The van der Waals surface area contributed by atoms with Crippen molar-refractivity contribution in [3.8, 4) is 22.3 Å². The van der Waals surface area contributed by atoms with Gasteiger partial charge < -0.3 is 13.9 Å². The third-order valence-electron chi connectivity index (χ3n) is 9.38. The van der Waals surface area contributed by atoms with E-state index in [1.165, 1.54) is 27.9 Å². The summed E-state index contributed by atoms with van der Waals surface area (Å²) < 4.78 is 8.78. The Labute approximate surface area is 239 Å². The minimum absolute atomic E-state index is 0.304. The molecule has 0 fully saturated rings. The van der Waals surface area contributed by atoms with E-state index in [1.54, 1.807) is 0 Å². The standard InChI is InChI=1S/C37H31N3O/c1-36(2)37(3,4)40-34-29(22-23-31-32(34)28-18-11-12-21-30(28)41-31)38-35(40)39(36)33-26(24-14-7-5-8-15-24)19-13-20-27(33)25-16-9-6-10-17-25/h5-23H,1-4H3. The van der Waals surface area contributed by atoms with Gasteiger partial charge in [-0.25, -0.2) is 4.98 Å². The molecule has 0 saturated carbocycles. The Morgan fingerprint density at radius 3 is 1.85 bits per heavy atom. The second-order valence-electron chi connectivity index (χ2n) is 12.0. The molecule has 0 aliphatic carbocycles. The van der Waals surface area contributed by atoms with Crippen LogP contribution in [0.4, 0.5) is 11.6 Å². The van der Waals surface area contributed by atoms with Crippen molar-refractivity contribution in [1.82, 2.24) is 9.55 Å². The van der Waals surface area contributed by atoms with Crippen molar-refractivity contribution >= 4 is 44.6 Å². The summed E-state index contributed by atoms with van der Waals surface area (Å²) in [5.74, 6) is 0.952. The van der Waals surface area contributed by atoms with Crippen LogP contribution in [-0.4, -0.2) is 15.1 Å². The molecule has 8 rings (SSSR count). The Morgan fingerprint density at radius 1 is 0.585 bits per heavy atom. The molecule has 0 atom stereocenters. The van der Waals surface area contributed by atoms with Gasteiger partial charge in [-0.15, -0.1) is 0 Å². The lowest BCUT2D eigenvalue weighted by atomic mass is 9.81. The van der Waals surface area contributed by atoms with Gasteiger partial charge in [-0.05, 0) is 57.0 Å². The number of aromatic nitrogens is 2. The molecule has 0 radical (unpaired) electrons. The third-order valence-corrected chi connectivity index (χ3v) is 9.38. The number of hydrogen-bond acceptors (Lipinski definition) is 3. The zero-order valence-corrected chi connectivity index (χ0v) is 23.7. The fourth-order valence-corrected chi connectivity index (χ4v) is 6.70. The summed E-state index contributed by atoms with van der Waals surface area (Å²) in [6.45, 7) is 9.37. The highest BCUT2D eigenvalue weighted by Crippen LogP contribution is 2.56. The zero-order valence-electron chi connectivity index (χ0n) is 23.7. The molecule has 4 nitrogen and oxygen atoms in total. The number of furan rings is 1. The van der Waals surface area contributed by atoms with Gasteiger partial charge in [-0.1, -0.05) is 97.1 Å². The molecule has 3 heterocycles. The largest absolute Gasteiger partial charge is 0.456 e. The highest BCUT2D eigenvalue weighted by molar-refractivity contribution is 6.18. The zero-order chi connectivity index (χ0) is 27.9. The van der Waals surface area contributed by atoms with E-state index < -0.39 is 0 Å². The van der Waals surface area contributed by atoms with Crippen LogP contribution < -0.4 is 4.90 Å². The lowest BCUT2D eigenvalue weighted by molar-refractivity contribution is 0.253. The van der Waals surface area contributed by atoms with E-state index in [-0.39, 0.29) is 11.1 Å². The summed E-state index contributed by atoms with van der Waals surface area (Å²) >= 11 is 0. The number of imidazole rings is 1. The molecule has 0 unspecified atom stereocenters. The van der Waals surface area contributed by atoms with Gasteiger partial charge in [-0.2, -0.15) is 0 Å². The van der Waals surface area contributed by atoms with E-state index in [2.05, 4.69) is 140 Å². The highest BCUT2D eigenvalue weighted by atomic mass is 16.3. The number of hydrogen-bond donors (Lipinski definition) is 0. The number of para-hydroxylation sites is 2. The number of anilines is 2. The maximum absolute atomic E-state index is 6.32. The van der Waals surface area contributed by atoms with Gasteiger partial charge in [0.15, 0.2) is 0 Å².